The Labute approximate surface area is 148 Å². The summed E-state index contributed by atoms with van der Waals surface area (Å²) in [5.41, 5.74) is 2.21. The van der Waals surface area contributed by atoms with Crippen molar-refractivity contribution in [1.29, 1.82) is 0 Å². The van der Waals surface area contributed by atoms with Crippen LogP contribution in [0.15, 0.2) is 48.7 Å². The first kappa shape index (κ1) is 16.1. The van der Waals surface area contributed by atoms with Crippen LogP contribution in [0.1, 0.15) is 18.4 Å². The standard InChI is InChI=1S/C20H24N4O/c25-20-18(10-9-16-6-1-2-7-17(16)22-20)23-12-5-13-24(15-14-23)19-8-3-4-11-21-19/h1-4,6-8,11,18H,5,9-10,12-15H2,(H,22,25)/t18-/m1/s1. The Morgan fingerprint density at radius 2 is 1.88 bits per heavy atom. The zero-order valence-corrected chi connectivity index (χ0v) is 14.4. The molecule has 2 aliphatic heterocycles. The molecule has 130 valence electrons. The van der Waals surface area contributed by atoms with Crippen LogP contribution in [-0.4, -0.2) is 48.0 Å². The second-order valence-corrected chi connectivity index (χ2v) is 6.77. The highest BCUT2D eigenvalue weighted by atomic mass is 16.2. The zero-order chi connectivity index (χ0) is 17.1. The minimum absolute atomic E-state index is 0.0453. The third kappa shape index (κ3) is 3.51. The van der Waals surface area contributed by atoms with Gasteiger partial charge in [0, 0.05) is 38.1 Å². The van der Waals surface area contributed by atoms with Crippen LogP contribution in [0, 0.1) is 0 Å². The Morgan fingerprint density at radius 1 is 1.00 bits per heavy atom. The molecule has 25 heavy (non-hydrogen) atoms. The van der Waals surface area contributed by atoms with Gasteiger partial charge in [-0.05, 0) is 43.0 Å². The van der Waals surface area contributed by atoms with E-state index in [9.17, 15) is 4.79 Å². The number of carbonyl (C=O) groups excluding carboxylic acids is 1. The van der Waals surface area contributed by atoms with Gasteiger partial charge in [0.05, 0.1) is 6.04 Å². The summed E-state index contributed by atoms with van der Waals surface area (Å²) >= 11 is 0. The summed E-state index contributed by atoms with van der Waals surface area (Å²) in [6, 6.07) is 14.1. The zero-order valence-electron chi connectivity index (χ0n) is 14.4. The van der Waals surface area contributed by atoms with Gasteiger partial charge in [0.25, 0.3) is 0 Å². The smallest absolute Gasteiger partial charge is 0.241 e. The van der Waals surface area contributed by atoms with Gasteiger partial charge in [-0.3, -0.25) is 9.69 Å². The summed E-state index contributed by atoms with van der Waals surface area (Å²) < 4.78 is 0. The van der Waals surface area contributed by atoms with Crippen molar-refractivity contribution in [2.75, 3.05) is 36.4 Å². The van der Waals surface area contributed by atoms with Crippen molar-refractivity contribution in [3.63, 3.8) is 0 Å². The van der Waals surface area contributed by atoms with Crippen LogP contribution in [0.3, 0.4) is 0 Å². The van der Waals surface area contributed by atoms with E-state index in [2.05, 4.69) is 32.2 Å². The molecule has 1 fully saturated rings. The summed E-state index contributed by atoms with van der Waals surface area (Å²) in [6.07, 6.45) is 4.72. The molecule has 3 heterocycles. The fourth-order valence-corrected chi connectivity index (χ4v) is 3.87. The molecule has 0 aliphatic carbocycles. The molecule has 1 saturated heterocycles. The summed E-state index contributed by atoms with van der Waals surface area (Å²) in [6.45, 7) is 3.75. The number of amides is 1. The molecule has 0 saturated carbocycles. The van der Waals surface area contributed by atoms with Crippen molar-refractivity contribution >= 4 is 17.4 Å². The molecule has 1 amide bonds. The van der Waals surface area contributed by atoms with E-state index >= 15 is 0 Å². The van der Waals surface area contributed by atoms with Gasteiger partial charge in [-0.15, -0.1) is 0 Å². The molecule has 4 rings (SSSR count). The molecule has 1 aromatic carbocycles. The van der Waals surface area contributed by atoms with Crippen LogP contribution in [0.4, 0.5) is 11.5 Å². The molecule has 0 radical (unpaired) electrons. The van der Waals surface area contributed by atoms with E-state index in [1.807, 2.05) is 36.5 Å². The maximum Gasteiger partial charge on any atom is 0.241 e. The fourth-order valence-electron chi connectivity index (χ4n) is 3.87. The second-order valence-electron chi connectivity index (χ2n) is 6.77. The number of benzene rings is 1. The van der Waals surface area contributed by atoms with Crippen molar-refractivity contribution < 1.29 is 4.79 Å². The van der Waals surface area contributed by atoms with Crippen molar-refractivity contribution in [3.05, 3.63) is 54.2 Å². The third-order valence-corrected chi connectivity index (χ3v) is 5.21. The SMILES string of the molecule is O=C1Nc2ccccc2CC[C@H]1N1CCCN(c2ccccn2)CC1. The van der Waals surface area contributed by atoms with Crippen molar-refractivity contribution in [2.45, 2.75) is 25.3 Å². The van der Waals surface area contributed by atoms with Gasteiger partial charge < -0.3 is 10.2 Å². The molecule has 2 aliphatic rings. The van der Waals surface area contributed by atoms with E-state index in [0.29, 0.717) is 0 Å². The fraction of sp³-hybridized carbons (Fsp3) is 0.400. The average Bonchev–Trinajstić information content (AvgIpc) is 2.98. The predicted octanol–water partition coefficient (Wildman–Crippen LogP) is 2.55. The van der Waals surface area contributed by atoms with Gasteiger partial charge >= 0.3 is 0 Å². The largest absolute Gasteiger partial charge is 0.355 e. The summed E-state index contributed by atoms with van der Waals surface area (Å²) in [5, 5.41) is 3.13. The minimum Gasteiger partial charge on any atom is -0.355 e. The lowest BCUT2D eigenvalue weighted by molar-refractivity contribution is -0.121. The number of fused-ring (bicyclic) bond motifs is 1. The number of carbonyl (C=O) groups is 1. The summed E-state index contributed by atoms with van der Waals surface area (Å²) in [7, 11) is 0. The maximum absolute atomic E-state index is 12.8. The maximum atomic E-state index is 12.8. The van der Waals surface area contributed by atoms with E-state index in [1.165, 1.54) is 5.56 Å². The molecule has 1 atom stereocenters. The molecular formula is C20H24N4O. The highest BCUT2D eigenvalue weighted by Gasteiger charge is 2.30. The summed E-state index contributed by atoms with van der Waals surface area (Å²) in [5.74, 6) is 1.17. The number of nitrogens with one attached hydrogen (secondary N) is 1. The Hall–Kier alpha value is -2.40. The first-order valence-corrected chi connectivity index (χ1v) is 9.10. The van der Waals surface area contributed by atoms with E-state index in [0.717, 1.165) is 56.9 Å². The molecular weight excluding hydrogens is 312 g/mol. The van der Waals surface area contributed by atoms with Crippen LogP contribution in [0.5, 0.6) is 0 Å². The Bertz CT molecular complexity index is 733. The van der Waals surface area contributed by atoms with Gasteiger partial charge in [0.2, 0.25) is 5.91 Å². The highest BCUT2D eigenvalue weighted by molar-refractivity contribution is 5.96. The lowest BCUT2D eigenvalue weighted by Crippen LogP contribution is -2.45. The number of para-hydroxylation sites is 1. The summed E-state index contributed by atoms with van der Waals surface area (Å²) in [4.78, 5) is 21.9. The van der Waals surface area contributed by atoms with Crippen LogP contribution in [0.25, 0.3) is 0 Å². The first-order valence-electron chi connectivity index (χ1n) is 9.10. The number of rotatable bonds is 2. The molecule has 0 spiro atoms. The van der Waals surface area contributed by atoms with Crippen LogP contribution >= 0.6 is 0 Å². The van der Waals surface area contributed by atoms with Crippen molar-refractivity contribution in [1.82, 2.24) is 9.88 Å². The quantitative estimate of drug-likeness (QED) is 0.916. The first-order chi connectivity index (χ1) is 12.3. The predicted molar refractivity (Wildman–Crippen MR) is 99.8 cm³/mol. The van der Waals surface area contributed by atoms with Crippen LogP contribution in [0.2, 0.25) is 0 Å². The van der Waals surface area contributed by atoms with Gasteiger partial charge in [-0.25, -0.2) is 4.98 Å². The topological polar surface area (TPSA) is 48.5 Å². The third-order valence-electron chi connectivity index (χ3n) is 5.21. The molecule has 0 bridgehead atoms. The number of nitrogens with zero attached hydrogens (tertiary/aromatic N) is 3. The Balaban J connectivity index is 1.45. The number of anilines is 2. The van der Waals surface area contributed by atoms with Crippen molar-refractivity contribution in [2.24, 2.45) is 0 Å². The van der Waals surface area contributed by atoms with Gasteiger partial charge in [-0.1, -0.05) is 24.3 Å². The lowest BCUT2D eigenvalue weighted by Gasteiger charge is -2.28. The van der Waals surface area contributed by atoms with E-state index in [1.54, 1.807) is 0 Å². The highest BCUT2D eigenvalue weighted by Crippen LogP contribution is 2.24. The Kier molecular flexibility index (Phi) is 4.65. The normalized spacial score (nSPS) is 21.8. The number of hydrogen-bond donors (Lipinski definition) is 1. The van der Waals surface area contributed by atoms with Crippen LogP contribution in [-0.2, 0) is 11.2 Å². The molecule has 1 aromatic heterocycles. The Morgan fingerprint density at radius 3 is 2.76 bits per heavy atom. The molecule has 1 N–H and O–H groups in total. The van der Waals surface area contributed by atoms with Gasteiger partial charge in [0.15, 0.2) is 0 Å². The second kappa shape index (κ2) is 7.23. The van der Waals surface area contributed by atoms with E-state index in [-0.39, 0.29) is 11.9 Å². The molecule has 5 nitrogen and oxygen atoms in total. The molecule has 5 heteroatoms. The monoisotopic (exact) mass is 336 g/mol. The number of pyridine rings is 1. The van der Waals surface area contributed by atoms with E-state index < -0.39 is 0 Å². The van der Waals surface area contributed by atoms with Crippen molar-refractivity contribution in [3.8, 4) is 0 Å². The molecule has 0 unspecified atom stereocenters. The van der Waals surface area contributed by atoms with E-state index in [4.69, 9.17) is 0 Å². The number of hydrogen-bond acceptors (Lipinski definition) is 4. The van der Waals surface area contributed by atoms with Crippen LogP contribution < -0.4 is 10.2 Å². The molecule has 2 aromatic rings. The number of aromatic nitrogens is 1. The minimum atomic E-state index is -0.0453. The van der Waals surface area contributed by atoms with Gasteiger partial charge in [0.1, 0.15) is 5.82 Å². The van der Waals surface area contributed by atoms with Gasteiger partial charge in [-0.2, -0.15) is 0 Å². The number of aryl methyl sites for hydroxylation is 1. The lowest BCUT2D eigenvalue weighted by atomic mass is 10.0. The average molecular weight is 336 g/mol.